The zero-order valence-corrected chi connectivity index (χ0v) is 12.4. The average Bonchev–Trinajstić information content (AvgIpc) is 3.13. The molecule has 2 aromatic heterocycles. The fourth-order valence-corrected chi connectivity index (χ4v) is 1.93. The van der Waals surface area contributed by atoms with Crippen LogP contribution in [0.2, 0.25) is 0 Å². The highest BCUT2D eigenvalue weighted by Crippen LogP contribution is 2.29. The maximum Gasteiger partial charge on any atom is 0.252 e. The molecule has 0 unspecified atom stereocenters. The number of ether oxygens (including phenoxy) is 1. The van der Waals surface area contributed by atoms with Crippen LogP contribution in [-0.4, -0.2) is 30.9 Å². The Hall–Kier alpha value is -2.77. The molecule has 0 amide bonds. The van der Waals surface area contributed by atoms with E-state index in [-0.39, 0.29) is 5.78 Å². The van der Waals surface area contributed by atoms with Gasteiger partial charge in [-0.3, -0.25) is 4.79 Å². The summed E-state index contributed by atoms with van der Waals surface area (Å²) in [5.74, 6) is 0.267. The monoisotopic (exact) mass is 301 g/mol. The van der Waals surface area contributed by atoms with Gasteiger partial charge in [0, 0.05) is 5.41 Å². The summed E-state index contributed by atoms with van der Waals surface area (Å²) in [5.41, 5.74) is 0.402. The Bertz CT molecular complexity index is 788. The molecule has 1 atom stereocenters. The Morgan fingerprint density at radius 3 is 2.82 bits per heavy atom. The van der Waals surface area contributed by atoms with Crippen molar-refractivity contribution in [3.63, 3.8) is 0 Å². The van der Waals surface area contributed by atoms with E-state index in [1.165, 1.54) is 17.3 Å². The minimum absolute atomic E-state index is 0.133. The van der Waals surface area contributed by atoms with Gasteiger partial charge in [-0.1, -0.05) is 26.8 Å². The van der Waals surface area contributed by atoms with Crippen LogP contribution >= 0.6 is 0 Å². The SMILES string of the molecule is CC(C)(C)C(=O)[C@H](Oc1cccc2nonc12)n1cncn1. The molecule has 0 N–H and O–H groups in total. The maximum atomic E-state index is 12.7. The Kier molecular flexibility index (Phi) is 3.36. The van der Waals surface area contributed by atoms with E-state index in [4.69, 9.17) is 9.37 Å². The molecule has 0 spiro atoms. The fraction of sp³-hybridized carbons (Fsp3) is 0.357. The third kappa shape index (κ3) is 2.54. The number of nitrogens with zero attached hydrogens (tertiary/aromatic N) is 5. The van der Waals surface area contributed by atoms with Gasteiger partial charge in [-0.15, -0.1) is 0 Å². The maximum absolute atomic E-state index is 12.7. The summed E-state index contributed by atoms with van der Waals surface area (Å²) in [6, 6.07) is 5.20. The van der Waals surface area contributed by atoms with E-state index in [9.17, 15) is 4.79 Å². The predicted octanol–water partition coefficient (Wildman–Crippen LogP) is 2.01. The van der Waals surface area contributed by atoms with E-state index >= 15 is 0 Å². The van der Waals surface area contributed by atoms with E-state index in [0.717, 1.165) is 0 Å². The van der Waals surface area contributed by atoms with Gasteiger partial charge >= 0.3 is 0 Å². The van der Waals surface area contributed by atoms with Crippen LogP contribution in [0.1, 0.15) is 27.0 Å². The van der Waals surface area contributed by atoms with Gasteiger partial charge in [-0.05, 0) is 22.4 Å². The first-order chi connectivity index (χ1) is 10.5. The third-order valence-corrected chi connectivity index (χ3v) is 3.13. The van der Waals surface area contributed by atoms with Gasteiger partial charge in [0.15, 0.2) is 11.3 Å². The first-order valence-electron chi connectivity index (χ1n) is 6.73. The van der Waals surface area contributed by atoms with Crippen molar-refractivity contribution in [3.05, 3.63) is 30.9 Å². The Balaban J connectivity index is 2.00. The van der Waals surface area contributed by atoms with Gasteiger partial charge in [0.25, 0.3) is 6.23 Å². The van der Waals surface area contributed by atoms with E-state index in [1.807, 2.05) is 20.8 Å². The summed E-state index contributed by atoms with van der Waals surface area (Å²) >= 11 is 0. The van der Waals surface area contributed by atoms with Crippen molar-refractivity contribution in [1.82, 2.24) is 25.1 Å². The molecule has 0 saturated heterocycles. The second-order valence-electron chi connectivity index (χ2n) is 5.85. The quantitative estimate of drug-likeness (QED) is 0.727. The number of hydrogen-bond acceptors (Lipinski definition) is 7. The van der Waals surface area contributed by atoms with Gasteiger partial charge in [0.1, 0.15) is 18.2 Å². The van der Waals surface area contributed by atoms with E-state index < -0.39 is 11.6 Å². The molecular weight excluding hydrogens is 286 g/mol. The molecule has 3 rings (SSSR count). The number of carbonyl (C=O) groups is 1. The number of fused-ring (bicyclic) bond motifs is 1. The van der Waals surface area contributed by atoms with E-state index in [0.29, 0.717) is 16.8 Å². The molecule has 0 aliphatic heterocycles. The third-order valence-electron chi connectivity index (χ3n) is 3.13. The van der Waals surface area contributed by atoms with Crippen molar-refractivity contribution in [2.75, 3.05) is 0 Å². The van der Waals surface area contributed by atoms with Gasteiger partial charge < -0.3 is 4.74 Å². The van der Waals surface area contributed by atoms with E-state index in [1.54, 1.807) is 18.2 Å². The zero-order chi connectivity index (χ0) is 15.7. The Morgan fingerprint density at radius 1 is 1.32 bits per heavy atom. The average molecular weight is 301 g/mol. The van der Waals surface area contributed by atoms with Gasteiger partial charge in [-0.25, -0.2) is 14.3 Å². The summed E-state index contributed by atoms with van der Waals surface area (Å²) in [6.45, 7) is 5.46. The lowest BCUT2D eigenvalue weighted by atomic mass is 9.90. The molecule has 0 aliphatic rings. The number of rotatable bonds is 4. The first kappa shape index (κ1) is 14.2. The second kappa shape index (κ2) is 5.21. The molecule has 0 aliphatic carbocycles. The van der Waals surface area contributed by atoms with Crippen molar-refractivity contribution >= 4 is 16.8 Å². The molecule has 114 valence electrons. The van der Waals surface area contributed by atoms with Gasteiger partial charge in [0.05, 0.1) is 0 Å². The van der Waals surface area contributed by atoms with Crippen molar-refractivity contribution in [1.29, 1.82) is 0 Å². The first-order valence-corrected chi connectivity index (χ1v) is 6.73. The molecule has 22 heavy (non-hydrogen) atoms. The van der Waals surface area contributed by atoms with Crippen LogP contribution in [0, 0.1) is 5.41 Å². The van der Waals surface area contributed by atoms with Crippen LogP contribution in [0.4, 0.5) is 0 Å². The lowest BCUT2D eigenvalue weighted by molar-refractivity contribution is -0.138. The number of aromatic nitrogens is 5. The van der Waals surface area contributed by atoms with Crippen LogP contribution in [0.15, 0.2) is 35.5 Å². The van der Waals surface area contributed by atoms with Crippen molar-refractivity contribution in [3.8, 4) is 5.75 Å². The molecule has 1 aromatic carbocycles. The Morgan fingerprint density at radius 2 is 2.14 bits per heavy atom. The highest BCUT2D eigenvalue weighted by Gasteiger charge is 2.33. The van der Waals surface area contributed by atoms with Crippen LogP contribution < -0.4 is 4.74 Å². The predicted molar refractivity (Wildman–Crippen MR) is 76.0 cm³/mol. The molecule has 0 fully saturated rings. The number of benzene rings is 1. The summed E-state index contributed by atoms with van der Waals surface area (Å²) in [4.78, 5) is 16.5. The zero-order valence-electron chi connectivity index (χ0n) is 12.4. The standard InChI is InChI=1S/C14H15N5O3/c1-14(2,3)12(20)13(19-8-15-7-16-19)21-10-6-4-5-9-11(10)18-22-17-9/h4-8,13H,1-3H3/t13-/m0/s1. The molecular formula is C14H15N5O3. The van der Waals surface area contributed by atoms with Crippen LogP contribution in [0.3, 0.4) is 0 Å². The second-order valence-corrected chi connectivity index (χ2v) is 5.85. The fourth-order valence-electron chi connectivity index (χ4n) is 1.93. The highest BCUT2D eigenvalue weighted by atomic mass is 16.6. The summed E-state index contributed by atoms with van der Waals surface area (Å²) in [5, 5.41) is 11.6. The summed E-state index contributed by atoms with van der Waals surface area (Å²) in [6.07, 6.45) is 1.85. The van der Waals surface area contributed by atoms with Crippen molar-refractivity contribution in [2.45, 2.75) is 27.0 Å². The Labute approximate surface area is 126 Å². The largest absolute Gasteiger partial charge is 0.459 e. The topological polar surface area (TPSA) is 95.9 Å². The van der Waals surface area contributed by atoms with Gasteiger partial charge in [-0.2, -0.15) is 5.10 Å². The molecule has 0 bridgehead atoms. The molecule has 0 saturated carbocycles. The molecule has 3 aromatic rings. The molecule has 8 nitrogen and oxygen atoms in total. The van der Waals surface area contributed by atoms with Crippen LogP contribution in [0.5, 0.6) is 5.75 Å². The van der Waals surface area contributed by atoms with Crippen LogP contribution in [-0.2, 0) is 4.79 Å². The lowest BCUT2D eigenvalue weighted by Gasteiger charge is -2.25. The van der Waals surface area contributed by atoms with Gasteiger partial charge in [0.2, 0.25) is 5.78 Å². The minimum Gasteiger partial charge on any atom is -0.459 e. The molecule has 0 radical (unpaired) electrons. The normalized spacial score (nSPS) is 13.2. The number of hydrogen-bond donors (Lipinski definition) is 0. The lowest BCUT2D eigenvalue weighted by Crippen LogP contribution is -2.34. The minimum atomic E-state index is -0.940. The number of carbonyl (C=O) groups excluding carboxylic acids is 1. The van der Waals surface area contributed by atoms with E-state index in [2.05, 4.69) is 20.4 Å². The number of ketones is 1. The molecule has 2 heterocycles. The summed E-state index contributed by atoms with van der Waals surface area (Å²) in [7, 11) is 0. The summed E-state index contributed by atoms with van der Waals surface area (Å²) < 4.78 is 11.9. The van der Waals surface area contributed by atoms with Crippen molar-refractivity contribution in [2.24, 2.45) is 5.41 Å². The molecule has 8 heteroatoms. The smallest absolute Gasteiger partial charge is 0.252 e. The van der Waals surface area contributed by atoms with Crippen molar-refractivity contribution < 1.29 is 14.2 Å². The van der Waals surface area contributed by atoms with Crippen LogP contribution in [0.25, 0.3) is 11.0 Å². The number of Topliss-reactive ketones (excluding diaryl/α,β-unsaturated/α-hetero) is 1. The highest BCUT2D eigenvalue weighted by molar-refractivity contribution is 5.87.